The van der Waals surface area contributed by atoms with Gasteiger partial charge in [0.05, 0.1) is 62.7 Å². The Morgan fingerprint density at radius 1 is 1.21 bits per heavy atom. The van der Waals surface area contributed by atoms with E-state index in [0.717, 1.165) is 37.1 Å². The number of nitrogens with one attached hydrogen (secondary N) is 1. The van der Waals surface area contributed by atoms with Crippen molar-refractivity contribution >= 4 is 10.9 Å². The van der Waals surface area contributed by atoms with Gasteiger partial charge in [-0.3, -0.25) is 9.97 Å². The Balaban J connectivity index is 1.16. The molecule has 2 N–H and O–H groups in total. The minimum absolute atomic E-state index is 0.00905. The zero-order valence-electron chi connectivity index (χ0n) is 19.0. The van der Waals surface area contributed by atoms with E-state index in [0.29, 0.717) is 36.4 Å². The van der Waals surface area contributed by atoms with Gasteiger partial charge in [-0.2, -0.15) is 0 Å². The van der Waals surface area contributed by atoms with E-state index in [2.05, 4.69) is 21.4 Å². The summed E-state index contributed by atoms with van der Waals surface area (Å²) in [5, 5.41) is 14.7. The fraction of sp³-hybridized carbons (Fsp3) is 0.440. The van der Waals surface area contributed by atoms with Crippen LogP contribution < -0.4 is 14.8 Å². The molecule has 3 aromatic rings. The van der Waals surface area contributed by atoms with Gasteiger partial charge >= 0.3 is 0 Å². The summed E-state index contributed by atoms with van der Waals surface area (Å²) < 4.78 is 37.1. The number of rotatable bonds is 7. The van der Waals surface area contributed by atoms with Crippen LogP contribution in [0.25, 0.3) is 10.9 Å². The molecule has 0 spiro atoms. The molecule has 2 aliphatic rings. The number of aromatic nitrogens is 2. The van der Waals surface area contributed by atoms with Gasteiger partial charge in [0, 0.05) is 23.9 Å². The second-order valence-electron chi connectivity index (χ2n) is 8.56. The van der Waals surface area contributed by atoms with Crippen LogP contribution >= 0.6 is 0 Å². The first-order valence-electron chi connectivity index (χ1n) is 11.5. The van der Waals surface area contributed by atoms with Crippen molar-refractivity contribution in [2.24, 2.45) is 0 Å². The third-order valence-corrected chi connectivity index (χ3v) is 6.21. The molecule has 2 aromatic heterocycles. The van der Waals surface area contributed by atoms with Crippen LogP contribution in [0.1, 0.15) is 35.8 Å². The Morgan fingerprint density at radius 2 is 2.06 bits per heavy atom. The van der Waals surface area contributed by atoms with Crippen molar-refractivity contribution in [3.63, 3.8) is 0 Å². The maximum absolute atomic E-state index is 14.6. The van der Waals surface area contributed by atoms with E-state index in [4.69, 9.17) is 18.9 Å². The topological polar surface area (TPSA) is 95.0 Å². The fourth-order valence-electron chi connectivity index (χ4n) is 4.38. The maximum atomic E-state index is 14.6. The predicted molar refractivity (Wildman–Crippen MR) is 122 cm³/mol. The third kappa shape index (κ3) is 4.97. The second-order valence-corrected chi connectivity index (χ2v) is 8.56. The first kappa shape index (κ1) is 22.9. The summed E-state index contributed by atoms with van der Waals surface area (Å²) in [5.74, 6) is 0.859. The molecule has 1 atom stereocenters. The molecule has 0 saturated carbocycles. The third-order valence-electron chi connectivity index (χ3n) is 6.21. The largest absolute Gasteiger partial charge is 0.497 e. The summed E-state index contributed by atoms with van der Waals surface area (Å²) in [7, 11) is 1.54. The van der Waals surface area contributed by atoms with Gasteiger partial charge in [-0.25, -0.2) is 4.39 Å². The number of nitrogens with zero attached hydrogens (tertiary/aromatic N) is 2. The maximum Gasteiger partial charge on any atom is 0.160 e. The molecule has 9 heteroatoms. The second kappa shape index (κ2) is 10.2. The average Bonchev–Trinajstić information content (AvgIpc) is 2.87. The molecular weight excluding hydrogens is 441 g/mol. The highest BCUT2D eigenvalue weighted by molar-refractivity contribution is 5.84. The van der Waals surface area contributed by atoms with Crippen molar-refractivity contribution < 1.29 is 28.4 Å². The number of pyridine rings is 2. The molecule has 0 bridgehead atoms. The normalized spacial score (nSPS) is 21.0. The molecule has 180 valence electrons. The molecule has 0 amide bonds. The molecule has 8 nitrogen and oxygen atoms in total. The predicted octanol–water partition coefficient (Wildman–Crippen LogP) is 3.06. The van der Waals surface area contributed by atoms with E-state index in [-0.39, 0.29) is 18.0 Å². The highest BCUT2D eigenvalue weighted by Crippen LogP contribution is 2.32. The van der Waals surface area contributed by atoms with Gasteiger partial charge in [0.25, 0.3) is 0 Å². The molecule has 0 unspecified atom stereocenters. The van der Waals surface area contributed by atoms with E-state index in [9.17, 15) is 9.50 Å². The zero-order valence-corrected chi connectivity index (χ0v) is 19.0. The van der Waals surface area contributed by atoms with Crippen LogP contribution in [0.4, 0.5) is 4.39 Å². The molecule has 0 aliphatic carbocycles. The van der Waals surface area contributed by atoms with Crippen LogP contribution in [0, 0.1) is 5.82 Å². The number of benzene rings is 1. The summed E-state index contributed by atoms with van der Waals surface area (Å²) in [6.45, 7) is 2.17. The quantitative estimate of drug-likeness (QED) is 0.545. The molecule has 0 radical (unpaired) electrons. The number of aliphatic hydroxyl groups excluding tert-OH is 1. The highest BCUT2D eigenvalue weighted by Gasteiger charge is 2.27. The number of fused-ring (bicyclic) bond motifs is 2. The summed E-state index contributed by atoms with van der Waals surface area (Å²) in [4.78, 5) is 8.56. The van der Waals surface area contributed by atoms with Crippen LogP contribution in [0.15, 0.2) is 36.7 Å². The van der Waals surface area contributed by atoms with Crippen molar-refractivity contribution in [3.8, 4) is 11.5 Å². The highest BCUT2D eigenvalue weighted by atomic mass is 19.1. The number of methoxy groups -OCH3 is 1. The summed E-state index contributed by atoms with van der Waals surface area (Å²) >= 11 is 0. The number of hydrogen-bond acceptors (Lipinski definition) is 8. The first-order valence-corrected chi connectivity index (χ1v) is 11.5. The monoisotopic (exact) mass is 469 g/mol. The Labute approximate surface area is 197 Å². The Bertz CT molecular complexity index is 1150. The average molecular weight is 470 g/mol. The molecule has 2 aliphatic heterocycles. The Morgan fingerprint density at radius 3 is 2.88 bits per heavy atom. The summed E-state index contributed by atoms with van der Waals surface area (Å²) in [6, 6.07) is 7.22. The van der Waals surface area contributed by atoms with Gasteiger partial charge in [-0.05, 0) is 42.7 Å². The smallest absolute Gasteiger partial charge is 0.160 e. The molecule has 1 fully saturated rings. The van der Waals surface area contributed by atoms with Crippen molar-refractivity contribution in [1.29, 1.82) is 0 Å². The summed E-state index contributed by atoms with van der Waals surface area (Å²) in [5.41, 5.74) is 2.88. The van der Waals surface area contributed by atoms with Crippen molar-refractivity contribution in [2.45, 2.75) is 44.2 Å². The number of aliphatic hydroxyl groups is 1. The fourth-order valence-corrected chi connectivity index (χ4v) is 4.38. The van der Waals surface area contributed by atoms with Crippen LogP contribution in [-0.4, -0.2) is 54.3 Å². The Kier molecular flexibility index (Phi) is 6.87. The first-order chi connectivity index (χ1) is 16.6. The van der Waals surface area contributed by atoms with Crippen molar-refractivity contribution in [1.82, 2.24) is 15.3 Å². The number of aryl methyl sites for hydroxylation is 1. The molecule has 4 heterocycles. The summed E-state index contributed by atoms with van der Waals surface area (Å²) in [6.07, 6.45) is 3.28. The molecule has 1 aromatic carbocycles. The van der Waals surface area contributed by atoms with Crippen molar-refractivity contribution in [3.05, 3.63) is 59.3 Å². The molecule has 34 heavy (non-hydrogen) atoms. The number of halogens is 1. The van der Waals surface area contributed by atoms with E-state index >= 15 is 0 Å². The SMILES string of the molecule is COc1ccc2ncc(F)c([C@@H](O)CC3OCC(NCc4cc5c(cn4)OCCC5)CO3)c2c1. The Hall–Kier alpha value is -2.85. The van der Waals surface area contributed by atoms with E-state index in [1.165, 1.54) is 12.7 Å². The zero-order chi connectivity index (χ0) is 23.5. The van der Waals surface area contributed by atoms with E-state index in [1.807, 2.05) is 0 Å². The lowest BCUT2D eigenvalue weighted by atomic mass is 10.0. The lowest BCUT2D eigenvalue weighted by molar-refractivity contribution is -0.202. The van der Waals surface area contributed by atoms with Crippen LogP contribution in [0.5, 0.6) is 11.5 Å². The van der Waals surface area contributed by atoms with Gasteiger partial charge in [0.2, 0.25) is 0 Å². The minimum atomic E-state index is -1.12. The van der Waals surface area contributed by atoms with E-state index < -0.39 is 18.2 Å². The van der Waals surface area contributed by atoms with Gasteiger partial charge < -0.3 is 29.4 Å². The lowest BCUT2D eigenvalue weighted by Crippen LogP contribution is -2.44. The standard InChI is InChI=1S/C25H28FN3O5/c1-31-18-4-5-21-19(8-18)25(20(26)11-29-21)22(30)9-24-33-13-17(14-34-24)27-10-16-7-15-3-2-6-32-23(15)12-28-16/h4-5,7-8,11-12,17,22,24,27,30H,2-3,6,9-10,13-14H2,1H3/t17?,22-,24?/m0/s1. The van der Waals surface area contributed by atoms with Crippen LogP contribution in [0.3, 0.4) is 0 Å². The van der Waals surface area contributed by atoms with Gasteiger partial charge in [0.1, 0.15) is 17.3 Å². The van der Waals surface area contributed by atoms with Gasteiger partial charge in [0.15, 0.2) is 6.29 Å². The molecular formula is C25H28FN3O5. The van der Waals surface area contributed by atoms with Crippen LogP contribution in [0.2, 0.25) is 0 Å². The number of hydrogen-bond donors (Lipinski definition) is 2. The lowest BCUT2D eigenvalue weighted by Gasteiger charge is -2.31. The molecule has 5 rings (SSSR count). The minimum Gasteiger partial charge on any atom is -0.497 e. The van der Waals surface area contributed by atoms with Crippen molar-refractivity contribution in [2.75, 3.05) is 26.9 Å². The number of ether oxygens (including phenoxy) is 4. The van der Waals surface area contributed by atoms with Crippen LogP contribution in [-0.2, 0) is 22.4 Å². The van der Waals surface area contributed by atoms with E-state index in [1.54, 1.807) is 24.4 Å². The van der Waals surface area contributed by atoms with Gasteiger partial charge in [-0.1, -0.05) is 0 Å². The molecule has 1 saturated heterocycles. The van der Waals surface area contributed by atoms with Gasteiger partial charge in [-0.15, -0.1) is 0 Å².